The molecule has 1 aromatic heterocycles. The van der Waals surface area contributed by atoms with E-state index in [2.05, 4.69) is 10.3 Å². The molecule has 0 aliphatic heterocycles. The van der Waals surface area contributed by atoms with Crippen molar-refractivity contribution in [3.05, 3.63) is 59.1 Å². The Balaban J connectivity index is 2.20. The zero-order valence-electron chi connectivity index (χ0n) is 8.65. The second kappa shape index (κ2) is 4.93. The van der Waals surface area contributed by atoms with Gasteiger partial charge in [0.15, 0.2) is 0 Å². The van der Waals surface area contributed by atoms with E-state index in [0.717, 1.165) is 0 Å². The Bertz CT molecular complexity index is 560. The van der Waals surface area contributed by atoms with Crippen LogP contribution in [0.2, 0.25) is 5.15 Å². The van der Waals surface area contributed by atoms with Gasteiger partial charge in [-0.2, -0.15) is 0 Å². The van der Waals surface area contributed by atoms with Crippen LogP contribution in [-0.4, -0.2) is 10.9 Å². The Labute approximate surface area is 102 Å². The minimum Gasteiger partial charge on any atom is -0.319 e. The van der Waals surface area contributed by atoms with Gasteiger partial charge in [-0.05, 0) is 24.3 Å². The van der Waals surface area contributed by atoms with Crippen LogP contribution in [0.25, 0.3) is 0 Å². The van der Waals surface area contributed by atoms with Gasteiger partial charge in [-0.15, -0.1) is 0 Å². The first-order chi connectivity index (χ1) is 8.16. The third-order valence-electron chi connectivity index (χ3n) is 2.11. The lowest BCUT2D eigenvalue weighted by atomic mass is 10.2. The summed E-state index contributed by atoms with van der Waals surface area (Å²) in [6.45, 7) is 0. The van der Waals surface area contributed by atoms with Crippen molar-refractivity contribution in [2.45, 2.75) is 0 Å². The molecule has 1 heterocycles. The molecule has 0 spiro atoms. The maximum absolute atomic E-state index is 13.3. The predicted molar refractivity (Wildman–Crippen MR) is 63.6 cm³/mol. The standard InChI is InChI=1S/C12H8ClFN2O/c13-11-7-8(5-6-15-11)12(17)16-10-4-2-1-3-9(10)14/h1-7H,(H,16,17). The number of hydrogen-bond donors (Lipinski definition) is 1. The van der Waals surface area contributed by atoms with Crippen molar-refractivity contribution >= 4 is 23.2 Å². The minimum atomic E-state index is -0.485. The van der Waals surface area contributed by atoms with E-state index in [-0.39, 0.29) is 10.8 Å². The molecule has 17 heavy (non-hydrogen) atoms. The van der Waals surface area contributed by atoms with Crippen molar-refractivity contribution in [2.75, 3.05) is 5.32 Å². The van der Waals surface area contributed by atoms with Crippen LogP contribution >= 0.6 is 11.6 Å². The molecular formula is C12H8ClFN2O. The fraction of sp³-hybridized carbons (Fsp3) is 0. The lowest BCUT2D eigenvalue weighted by Crippen LogP contribution is -2.12. The highest BCUT2D eigenvalue weighted by Crippen LogP contribution is 2.14. The smallest absolute Gasteiger partial charge is 0.255 e. The first-order valence-corrected chi connectivity index (χ1v) is 5.22. The Morgan fingerprint density at radius 1 is 1.29 bits per heavy atom. The van der Waals surface area contributed by atoms with Crippen LogP contribution < -0.4 is 5.32 Å². The number of para-hydroxylation sites is 1. The number of amides is 1. The molecule has 0 fully saturated rings. The van der Waals surface area contributed by atoms with Crippen molar-refractivity contribution in [2.24, 2.45) is 0 Å². The first kappa shape index (κ1) is 11.5. The number of rotatable bonds is 2. The van der Waals surface area contributed by atoms with Crippen LogP contribution in [0.5, 0.6) is 0 Å². The normalized spacial score (nSPS) is 10.0. The van der Waals surface area contributed by atoms with Crippen molar-refractivity contribution in [1.82, 2.24) is 4.98 Å². The molecular weight excluding hydrogens is 243 g/mol. The van der Waals surface area contributed by atoms with Crippen LogP contribution in [-0.2, 0) is 0 Å². The van der Waals surface area contributed by atoms with Crippen LogP contribution in [0.15, 0.2) is 42.6 Å². The van der Waals surface area contributed by atoms with Gasteiger partial charge < -0.3 is 5.32 Å². The molecule has 0 radical (unpaired) electrons. The average Bonchev–Trinajstić information content (AvgIpc) is 2.32. The van der Waals surface area contributed by atoms with E-state index in [0.29, 0.717) is 5.56 Å². The number of carbonyl (C=O) groups excluding carboxylic acids is 1. The number of pyridine rings is 1. The van der Waals surface area contributed by atoms with Crippen molar-refractivity contribution < 1.29 is 9.18 Å². The number of benzene rings is 1. The first-order valence-electron chi connectivity index (χ1n) is 4.84. The summed E-state index contributed by atoms with van der Waals surface area (Å²) in [6, 6.07) is 8.86. The largest absolute Gasteiger partial charge is 0.319 e. The van der Waals surface area contributed by atoms with Crippen LogP contribution in [0.3, 0.4) is 0 Å². The van der Waals surface area contributed by atoms with Gasteiger partial charge in [0.05, 0.1) is 5.69 Å². The van der Waals surface area contributed by atoms with Gasteiger partial charge in [0, 0.05) is 11.8 Å². The molecule has 1 N–H and O–H groups in total. The summed E-state index contributed by atoms with van der Waals surface area (Å²) in [5, 5.41) is 2.67. The molecule has 5 heteroatoms. The zero-order chi connectivity index (χ0) is 12.3. The number of aromatic nitrogens is 1. The van der Waals surface area contributed by atoms with Gasteiger partial charge >= 0.3 is 0 Å². The third-order valence-corrected chi connectivity index (χ3v) is 2.32. The van der Waals surface area contributed by atoms with E-state index in [1.54, 1.807) is 12.1 Å². The molecule has 0 aliphatic carbocycles. The second-order valence-corrected chi connectivity index (χ2v) is 3.69. The SMILES string of the molecule is O=C(Nc1ccccc1F)c1ccnc(Cl)c1. The van der Waals surface area contributed by atoms with E-state index in [1.165, 1.54) is 30.5 Å². The molecule has 1 aromatic carbocycles. The highest BCUT2D eigenvalue weighted by molar-refractivity contribution is 6.29. The summed E-state index contributed by atoms with van der Waals surface area (Å²) in [5.41, 5.74) is 0.457. The van der Waals surface area contributed by atoms with Crippen molar-refractivity contribution in [3.8, 4) is 0 Å². The van der Waals surface area contributed by atoms with E-state index in [4.69, 9.17) is 11.6 Å². The monoisotopic (exact) mass is 250 g/mol. The molecule has 3 nitrogen and oxygen atoms in total. The van der Waals surface area contributed by atoms with Gasteiger partial charge in [0.25, 0.3) is 5.91 Å². The summed E-state index contributed by atoms with van der Waals surface area (Å²) in [7, 11) is 0. The fourth-order valence-corrected chi connectivity index (χ4v) is 1.47. The lowest BCUT2D eigenvalue weighted by molar-refractivity contribution is 0.102. The summed E-state index contributed by atoms with van der Waals surface area (Å²) in [6.07, 6.45) is 1.42. The Morgan fingerprint density at radius 3 is 2.76 bits per heavy atom. The quantitative estimate of drug-likeness (QED) is 0.832. The molecule has 0 saturated heterocycles. The summed E-state index contributed by atoms with van der Waals surface area (Å²) < 4.78 is 13.3. The summed E-state index contributed by atoms with van der Waals surface area (Å²) >= 11 is 5.66. The van der Waals surface area contributed by atoms with Crippen LogP contribution in [0.1, 0.15) is 10.4 Å². The number of carbonyl (C=O) groups is 1. The van der Waals surface area contributed by atoms with Gasteiger partial charge in [-0.1, -0.05) is 23.7 Å². The maximum Gasteiger partial charge on any atom is 0.255 e. The van der Waals surface area contributed by atoms with Gasteiger partial charge in [0.2, 0.25) is 0 Å². The van der Waals surface area contributed by atoms with Gasteiger partial charge in [-0.3, -0.25) is 4.79 Å². The number of nitrogens with one attached hydrogen (secondary N) is 1. The van der Waals surface area contributed by atoms with E-state index in [9.17, 15) is 9.18 Å². The summed E-state index contributed by atoms with van der Waals surface area (Å²) in [5.74, 6) is -0.916. The average molecular weight is 251 g/mol. The highest BCUT2D eigenvalue weighted by atomic mass is 35.5. The number of anilines is 1. The predicted octanol–water partition coefficient (Wildman–Crippen LogP) is 3.13. The molecule has 0 bridgehead atoms. The van der Waals surface area contributed by atoms with Crippen LogP contribution in [0.4, 0.5) is 10.1 Å². The number of halogens is 2. The molecule has 2 rings (SSSR count). The third kappa shape index (κ3) is 2.79. The molecule has 0 atom stereocenters. The highest BCUT2D eigenvalue weighted by Gasteiger charge is 2.09. The maximum atomic E-state index is 13.3. The zero-order valence-corrected chi connectivity index (χ0v) is 9.41. The second-order valence-electron chi connectivity index (χ2n) is 3.30. The van der Waals surface area contributed by atoms with Gasteiger partial charge in [-0.25, -0.2) is 9.37 Å². The lowest BCUT2D eigenvalue weighted by Gasteiger charge is -2.05. The Kier molecular flexibility index (Phi) is 3.35. The molecule has 1 amide bonds. The van der Waals surface area contributed by atoms with E-state index in [1.807, 2.05) is 0 Å². The van der Waals surface area contributed by atoms with E-state index >= 15 is 0 Å². The Hall–Kier alpha value is -1.94. The van der Waals surface area contributed by atoms with Gasteiger partial charge in [0.1, 0.15) is 11.0 Å². The van der Waals surface area contributed by atoms with Crippen LogP contribution in [0, 0.1) is 5.82 Å². The van der Waals surface area contributed by atoms with Crippen molar-refractivity contribution in [1.29, 1.82) is 0 Å². The molecule has 86 valence electrons. The number of nitrogens with zero attached hydrogens (tertiary/aromatic N) is 1. The van der Waals surface area contributed by atoms with Crippen molar-refractivity contribution in [3.63, 3.8) is 0 Å². The molecule has 0 saturated carbocycles. The molecule has 0 unspecified atom stereocenters. The van der Waals surface area contributed by atoms with E-state index < -0.39 is 11.7 Å². The molecule has 2 aromatic rings. The fourth-order valence-electron chi connectivity index (χ4n) is 1.30. The Morgan fingerprint density at radius 2 is 2.06 bits per heavy atom. The molecule has 0 aliphatic rings. The minimum absolute atomic E-state index is 0.130. The topological polar surface area (TPSA) is 42.0 Å². The summed E-state index contributed by atoms with van der Waals surface area (Å²) in [4.78, 5) is 15.5. The number of hydrogen-bond acceptors (Lipinski definition) is 2.